The highest BCUT2D eigenvalue weighted by atomic mass is 19.1. The van der Waals surface area contributed by atoms with Gasteiger partial charge < -0.3 is 15.2 Å². The molecular weight excluding hydrogens is 397 g/mol. The number of alkyl halides is 1. The van der Waals surface area contributed by atoms with E-state index in [1.807, 2.05) is 25.3 Å². The summed E-state index contributed by atoms with van der Waals surface area (Å²) in [4.78, 5) is 0. The number of phenols is 1. The molecule has 2 bridgehead atoms. The van der Waals surface area contributed by atoms with Crippen LogP contribution in [0.5, 0.6) is 11.6 Å². The minimum atomic E-state index is -1.09. The van der Waals surface area contributed by atoms with Crippen LogP contribution < -0.4 is 10.1 Å². The average Bonchev–Trinajstić information content (AvgIpc) is 3.27. The van der Waals surface area contributed by atoms with Crippen LogP contribution in [0.3, 0.4) is 0 Å². The van der Waals surface area contributed by atoms with Crippen LogP contribution >= 0.6 is 0 Å². The third-order valence-electron chi connectivity index (χ3n) is 6.90. The Balaban J connectivity index is 1.32. The molecule has 162 valence electrons. The molecule has 8 heteroatoms. The van der Waals surface area contributed by atoms with E-state index in [0.29, 0.717) is 17.7 Å². The van der Waals surface area contributed by atoms with E-state index in [9.17, 15) is 9.50 Å². The maximum Gasteiger partial charge on any atom is 0.233 e. The lowest BCUT2D eigenvalue weighted by Gasteiger charge is -2.41. The van der Waals surface area contributed by atoms with E-state index in [4.69, 9.17) is 4.74 Å². The van der Waals surface area contributed by atoms with Crippen molar-refractivity contribution in [2.75, 3.05) is 6.54 Å². The van der Waals surface area contributed by atoms with Crippen molar-refractivity contribution in [1.29, 1.82) is 0 Å². The zero-order valence-corrected chi connectivity index (χ0v) is 17.8. The van der Waals surface area contributed by atoms with Gasteiger partial charge in [-0.15, -0.1) is 10.2 Å². The van der Waals surface area contributed by atoms with E-state index in [2.05, 4.69) is 34.5 Å². The highest BCUT2D eigenvalue weighted by molar-refractivity contribution is 5.68. The number of aryl methyl sites for hydroxylation is 1. The Bertz CT molecular complexity index is 1100. The number of ether oxygens (including phenoxy) is 1. The molecule has 1 aliphatic heterocycles. The number of halogens is 1. The highest BCUT2D eigenvalue weighted by Crippen LogP contribution is 2.46. The summed E-state index contributed by atoms with van der Waals surface area (Å²) in [6, 6.07) is 10.4. The first-order valence-corrected chi connectivity index (χ1v) is 10.6. The number of aromatic nitrogens is 4. The lowest BCUT2D eigenvalue weighted by atomic mass is 9.68. The molecule has 1 aliphatic carbocycles. The van der Waals surface area contributed by atoms with Crippen LogP contribution in [0.4, 0.5) is 4.39 Å². The maximum atomic E-state index is 14.9. The predicted octanol–water partition coefficient (Wildman–Crippen LogP) is 3.45. The van der Waals surface area contributed by atoms with Crippen molar-refractivity contribution in [3.05, 3.63) is 48.3 Å². The van der Waals surface area contributed by atoms with Crippen molar-refractivity contribution >= 4 is 0 Å². The van der Waals surface area contributed by atoms with Crippen LogP contribution in [0, 0.1) is 18.3 Å². The summed E-state index contributed by atoms with van der Waals surface area (Å²) in [5.74, 6) is 0.638. The van der Waals surface area contributed by atoms with Gasteiger partial charge in [-0.25, -0.2) is 9.07 Å². The third kappa shape index (κ3) is 3.44. The van der Waals surface area contributed by atoms with Gasteiger partial charge in [-0.2, -0.15) is 5.10 Å². The minimum Gasteiger partial charge on any atom is -0.507 e. The Labute approximate surface area is 180 Å². The molecule has 3 heterocycles. The van der Waals surface area contributed by atoms with Gasteiger partial charge in [-0.1, -0.05) is 13.8 Å². The summed E-state index contributed by atoms with van der Waals surface area (Å²) >= 11 is 0. The molecular formula is C23H26FN5O2. The fraction of sp³-hybridized carbons (Fsp3) is 0.435. The van der Waals surface area contributed by atoms with E-state index >= 15 is 0 Å². The molecule has 0 amide bonds. The molecule has 5 unspecified atom stereocenters. The molecule has 1 aromatic carbocycles. The van der Waals surface area contributed by atoms with Crippen LogP contribution in [0.15, 0.2) is 42.6 Å². The van der Waals surface area contributed by atoms with Crippen LogP contribution in [-0.2, 0) is 0 Å². The normalized spacial score (nSPS) is 29.8. The minimum absolute atomic E-state index is 0.0198. The van der Waals surface area contributed by atoms with Gasteiger partial charge in [0.15, 0.2) is 6.17 Å². The van der Waals surface area contributed by atoms with Crippen molar-refractivity contribution in [2.45, 2.75) is 45.5 Å². The first kappa shape index (κ1) is 19.9. The van der Waals surface area contributed by atoms with Gasteiger partial charge in [-0.3, -0.25) is 0 Å². The van der Waals surface area contributed by atoms with Gasteiger partial charge in [0.1, 0.15) is 11.9 Å². The van der Waals surface area contributed by atoms with Gasteiger partial charge in [0, 0.05) is 36.5 Å². The van der Waals surface area contributed by atoms with Crippen LogP contribution in [0.2, 0.25) is 0 Å². The van der Waals surface area contributed by atoms with Crippen LogP contribution in [0.25, 0.3) is 16.9 Å². The standard InChI is InChI=1S/C23H26FN5O2/c1-13-8-9-29(28-13)15-4-5-16(18(30)10-15)17-6-7-20(27-26-17)31-19-11-23(3)12-25-22(14(23)2)21(19)24/h4-10,14,19,21-22,25,30H,11-12H2,1-3H3. The molecule has 2 aliphatic rings. The third-order valence-corrected chi connectivity index (χ3v) is 6.90. The number of aromatic hydroxyl groups is 1. The molecule has 0 spiro atoms. The second-order valence-corrected chi connectivity index (χ2v) is 9.01. The molecule has 7 nitrogen and oxygen atoms in total. The zero-order valence-electron chi connectivity index (χ0n) is 17.8. The number of phenolic OH excluding ortho intramolecular Hbond substituents is 1. The number of fused-ring (bicyclic) bond motifs is 2. The van der Waals surface area contributed by atoms with Gasteiger partial charge in [0.25, 0.3) is 0 Å². The maximum absolute atomic E-state index is 14.9. The lowest BCUT2D eigenvalue weighted by molar-refractivity contribution is -0.0108. The Morgan fingerprint density at radius 3 is 2.74 bits per heavy atom. The number of hydrogen-bond acceptors (Lipinski definition) is 6. The summed E-state index contributed by atoms with van der Waals surface area (Å²) in [7, 11) is 0. The molecule has 2 aromatic heterocycles. The number of nitrogens with one attached hydrogen (secondary N) is 1. The fourth-order valence-corrected chi connectivity index (χ4v) is 4.80. The summed E-state index contributed by atoms with van der Waals surface area (Å²) in [6.45, 7) is 6.99. The van der Waals surface area contributed by atoms with Gasteiger partial charge in [-0.05, 0) is 48.9 Å². The topological polar surface area (TPSA) is 85.1 Å². The van der Waals surface area contributed by atoms with Crippen molar-refractivity contribution in [3.8, 4) is 28.6 Å². The lowest BCUT2D eigenvalue weighted by Crippen LogP contribution is -2.51. The van der Waals surface area contributed by atoms with Gasteiger partial charge >= 0.3 is 0 Å². The molecule has 2 N–H and O–H groups in total. The number of hydrogen-bond donors (Lipinski definition) is 2. The predicted molar refractivity (Wildman–Crippen MR) is 114 cm³/mol. The Morgan fingerprint density at radius 2 is 2.06 bits per heavy atom. The molecule has 2 fully saturated rings. The molecule has 5 rings (SSSR count). The van der Waals surface area contributed by atoms with E-state index in [1.165, 1.54) is 0 Å². The second-order valence-electron chi connectivity index (χ2n) is 9.01. The van der Waals surface area contributed by atoms with Crippen LogP contribution in [0.1, 0.15) is 26.0 Å². The molecule has 3 aromatic rings. The van der Waals surface area contributed by atoms with Crippen molar-refractivity contribution in [2.24, 2.45) is 11.3 Å². The van der Waals surface area contributed by atoms with Crippen molar-refractivity contribution < 1.29 is 14.2 Å². The van der Waals surface area contributed by atoms with Crippen molar-refractivity contribution in [1.82, 2.24) is 25.3 Å². The number of benzene rings is 1. The molecule has 0 radical (unpaired) electrons. The Hall–Kier alpha value is -3.00. The molecule has 5 atom stereocenters. The molecule has 1 saturated heterocycles. The Morgan fingerprint density at radius 1 is 1.23 bits per heavy atom. The fourth-order valence-electron chi connectivity index (χ4n) is 4.80. The smallest absolute Gasteiger partial charge is 0.233 e. The van der Waals surface area contributed by atoms with Crippen molar-refractivity contribution in [3.63, 3.8) is 0 Å². The van der Waals surface area contributed by atoms with E-state index in [0.717, 1.165) is 17.9 Å². The monoisotopic (exact) mass is 423 g/mol. The van der Waals surface area contributed by atoms with Crippen LogP contribution in [-0.4, -0.2) is 49.9 Å². The average molecular weight is 423 g/mol. The second kappa shape index (κ2) is 7.30. The van der Waals surface area contributed by atoms with E-state index in [-0.39, 0.29) is 29.0 Å². The highest BCUT2D eigenvalue weighted by Gasteiger charge is 2.54. The van der Waals surface area contributed by atoms with E-state index < -0.39 is 12.3 Å². The van der Waals surface area contributed by atoms with Gasteiger partial charge in [0.2, 0.25) is 5.88 Å². The number of nitrogens with zero attached hydrogens (tertiary/aromatic N) is 4. The van der Waals surface area contributed by atoms with Gasteiger partial charge in [0.05, 0.1) is 17.1 Å². The first-order valence-electron chi connectivity index (χ1n) is 10.6. The largest absolute Gasteiger partial charge is 0.507 e. The molecule has 31 heavy (non-hydrogen) atoms. The van der Waals surface area contributed by atoms with E-state index in [1.54, 1.807) is 28.9 Å². The summed E-state index contributed by atoms with van der Waals surface area (Å²) in [5, 5.41) is 26.5. The SMILES string of the molecule is Cc1ccn(-c2ccc(-c3ccc(OC4CC5(C)CNC(C4F)C5C)nn3)c(O)c2)n1. The Kier molecular flexibility index (Phi) is 4.69. The zero-order chi connectivity index (χ0) is 21.8. The number of rotatable bonds is 4. The summed E-state index contributed by atoms with van der Waals surface area (Å²) in [6.07, 6.45) is 0.834. The quantitative estimate of drug-likeness (QED) is 0.669. The first-order chi connectivity index (χ1) is 14.8. The summed E-state index contributed by atoms with van der Waals surface area (Å²) < 4.78 is 22.5. The molecule has 1 saturated carbocycles. The summed E-state index contributed by atoms with van der Waals surface area (Å²) in [5.41, 5.74) is 2.73.